The fourth-order valence-corrected chi connectivity index (χ4v) is 5.89. The summed E-state index contributed by atoms with van der Waals surface area (Å²) in [7, 11) is -3.16. The Labute approximate surface area is 172 Å². The van der Waals surface area contributed by atoms with Crippen LogP contribution in [0.4, 0.5) is 13.2 Å². The zero-order valence-electron chi connectivity index (χ0n) is 16.7. The molecule has 2 atom stereocenters. The average molecular weight is 444 g/mol. The lowest BCUT2D eigenvalue weighted by molar-refractivity contribution is -0.142. The second-order valence-corrected chi connectivity index (χ2v) is 10.7. The van der Waals surface area contributed by atoms with Crippen LogP contribution >= 0.6 is 0 Å². The molecule has 0 saturated carbocycles. The fraction of sp³-hybridized carbons (Fsp3) is 0.632. The van der Waals surface area contributed by atoms with Crippen LogP contribution in [0.5, 0.6) is 0 Å². The molecule has 30 heavy (non-hydrogen) atoms. The van der Waals surface area contributed by atoms with Gasteiger partial charge in [0.15, 0.2) is 15.5 Å². The van der Waals surface area contributed by atoms with E-state index in [1.807, 2.05) is 0 Å². The van der Waals surface area contributed by atoms with Crippen molar-refractivity contribution in [2.24, 2.45) is 5.92 Å². The van der Waals surface area contributed by atoms with Crippen LogP contribution in [0.25, 0.3) is 5.65 Å². The van der Waals surface area contributed by atoms with Crippen LogP contribution < -0.4 is 0 Å². The molecule has 4 heterocycles. The summed E-state index contributed by atoms with van der Waals surface area (Å²) in [4.78, 5) is 18.6. The Bertz CT molecular complexity index is 1090. The summed E-state index contributed by atoms with van der Waals surface area (Å²) >= 11 is 0. The summed E-state index contributed by atoms with van der Waals surface area (Å²) in [6, 6.07) is 2.58. The Kier molecular flexibility index (Phi) is 5.06. The predicted octanol–water partition coefficient (Wildman–Crippen LogP) is 2.62. The third kappa shape index (κ3) is 3.91. The molecule has 2 fully saturated rings. The van der Waals surface area contributed by atoms with E-state index in [1.54, 1.807) is 24.8 Å². The van der Waals surface area contributed by atoms with Gasteiger partial charge in [-0.1, -0.05) is 13.8 Å². The molecule has 0 spiro atoms. The van der Waals surface area contributed by atoms with Gasteiger partial charge in [0.2, 0.25) is 5.91 Å². The SMILES string of the molecule is CC(C)c1cc(C(F)(F)F)n2nc([C@@H]3CCN(C(=O)[C@H]4CCS(=O)(=O)C4)C3)cc2n1. The minimum absolute atomic E-state index is 0.0250. The van der Waals surface area contributed by atoms with Crippen molar-refractivity contribution in [2.45, 2.75) is 44.7 Å². The van der Waals surface area contributed by atoms with Gasteiger partial charge in [-0.15, -0.1) is 0 Å². The zero-order valence-corrected chi connectivity index (χ0v) is 17.5. The van der Waals surface area contributed by atoms with Crippen molar-refractivity contribution in [1.82, 2.24) is 19.5 Å². The molecular weight excluding hydrogens is 421 g/mol. The van der Waals surface area contributed by atoms with Crippen molar-refractivity contribution in [3.63, 3.8) is 0 Å². The van der Waals surface area contributed by atoms with E-state index < -0.39 is 27.6 Å². The van der Waals surface area contributed by atoms with Gasteiger partial charge < -0.3 is 4.90 Å². The van der Waals surface area contributed by atoms with Gasteiger partial charge in [0.1, 0.15) is 5.69 Å². The number of alkyl halides is 3. The lowest BCUT2D eigenvalue weighted by Gasteiger charge is -2.19. The molecule has 7 nitrogen and oxygen atoms in total. The van der Waals surface area contributed by atoms with E-state index in [4.69, 9.17) is 0 Å². The summed E-state index contributed by atoms with van der Waals surface area (Å²) < 4.78 is 64.8. The monoisotopic (exact) mass is 444 g/mol. The Hall–Kier alpha value is -2.17. The van der Waals surface area contributed by atoms with E-state index in [0.717, 1.165) is 10.6 Å². The lowest BCUT2D eigenvalue weighted by Crippen LogP contribution is -2.34. The lowest BCUT2D eigenvalue weighted by atomic mass is 10.1. The molecule has 0 bridgehead atoms. The summed E-state index contributed by atoms with van der Waals surface area (Å²) in [6.07, 6.45) is -3.68. The van der Waals surface area contributed by atoms with E-state index in [9.17, 15) is 26.4 Å². The van der Waals surface area contributed by atoms with Gasteiger partial charge in [0, 0.05) is 30.8 Å². The van der Waals surface area contributed by atoms with E-state index >= 15 is 0 Å². The van der Waals surface area contributed by atoms with Crippen LogP contribution in [-0.2, 0) is 20.8 Å². The van der Waals surface area contributed by atoms with Crippen LogP contribution in [0.3, 0.4) is 0 Å². The number of nitrogens with zero attached hydrogens (tertiary/aromatic N) is 4. The summed E-state index contributed by atoms with van der Waals surface area (Å²) in [5, 5.41) is 4.18. The molecule has 4 rings (SSSR count). The van der Waals surface area contributed by atoms with E-state index in [1.165, 1.54) is 0 Å². The highest BCUT2D eigenvalue weighted by molar-refractivity contribution is 7.91. The summed E-state index contributed by atoms with van der Waals surface area (Å²) in [6.45, 7) is 4.31. The van der Waals surface area contributed by atoms with Gasteiger partial charge in [-0.3, -0.25) is 4.79 Å². The normalized spacial score (nSPS) is 24.3. The highest BCUT2D eigenvalue weighted by Gasteiger charge is 2.39. The van der Waals surface area contributed by atoms with Crippen molar-refractivity contribution in [3.05, 3.63) is 29.2 Å². The molecule has 0 aliphatic carbocycles. The van der Waals surface area contributed by atoms with Crippen LogP contribution in [0, 0.1) is 5.92 Å². The summed E-state index contributed by atoms with van der Waals surface area (Å²) in [5.74, 6) is -1.20. The number of fused-ring (bicyclic) bond motifs is 1. The van der Waals surface area contributed by atoms with Crippen molar-refractivity contribution < 1.29 is 26.4 Å². The quantitative estimate of drug-likeness (QED) is 0.727. The third-order valence-electron chi connectivity index (χ3n) is 5.85. The molecule has 164 valence electrons. The second-order valence-electron chi connectivity index (χ2n) is 8.43. The molecule has 2 aromatic rings. The summed E-state index contributed by atoms with van der Waals surface area (Å²) in [5.41, 5.74) is 0.0647. The Morgan fingerprint density at radius 1 is 1.23 bits per heavy atom. The van der Waals surface area contributed by atoms with Gasteiger partial charge in [0.05, 0.1) is 23.1 Å². The maximum atomic E-state index is 13.6. The molecule has 11 heteroatoms. The molecule has 1 amide bonds. The van der Waals surface area contributed by atoms with E-state index in [0.29, 0.717) is 37.3 Å². The number of halogens is 3. The highest BCUT2D eigenvalue weighted by Crippen LogP contribution is 2.34. The van der Waals surface area contributed by atoms with Gasteiger partial charge in [-0.2, -0.15) is 18.3 Å². The highest BCUT2D eigenvalue weighted by atomic mass is 32.2. The smallest absolute Gasteiger partial charge is 0.342 e. The van der Waals surface area contributed by atoms with Gasteiger partial charge >= 0.3 is 6.18 Å². The first-order valence-electron chi connectivity index (χ1n) is 9.91. The first-order valence-corrected chi connectivity index (χ1v) is 11.7. The molecular formula is C19H23F3N4O3S. The molecule has 0 unspecified atom stereocenters. The molecule has 0 N–H and O–H groups in total. The molecule has 2 aliphatic rings. The fourth-order valence-electron chi connectivity index (χ4n) is 4.16. The average Bonchev–Trinajstić information content (AvgIpc) is 3.36. The van der Waals surface area contributed by atoms with Crippen LogP contribution in [0.15, 0.2) is 12.1 Å². The maximum Gasteiger partial charge on any atom is 0.433 e. The number of amides is 1. The standard InChI is InChI=1S/C19H23F3N4O3S/c1-11(2)14-7-16(19(20,21)22)26-17(23-14)8-15(24-26)12-3-5-25(9-12)18(27)13-4-6-30(28,29)10-13/h7-8,11-13H,3-6,9-10H2,1-2H3/t12-,13+/m1/s1. The van der Waals surface area contributed by atoms with Crippen LogP contribution in [0.2, 0.25) is 0 Å². The minimum Gasteiger partial charge on any atom is -0.342 e. The largest absolute Gasteiger partial charge is 0.433 e. The Balaban J connectivity index is 1.59. The predicted molar refractivity (Wildman–Crippen MR) is 103 cm³/mol. The topological polar surface area (TPSA) is 84.6 Å². The van der Waals surface area contributed by atoms with Gasteiger partial charge in [-0.25, -0.2) is 17.9 Å². The second kappa shape index (κ2) is 7.21. The molecule has 0 aromatic carbocycles. The van der Waals surface area contributed by atoms with Crippen molar-refractivity contribution >= 4 is 21.4 Å². The first-order chi connectivity index (χ1) is 13.9. The Morgan fingerprint density at radius 2 is 1.97 bits per heavy atom. The minimum atomic E-state index is -4.57. The van der Waals surface area contributed by atoms with Crippen molar-refractivity contribution in [3.8, 4) is 0 Å². The van der Waals surface area contributed by atoms with Crippen LogP contribution in [0.1, 0.15) is 55.6 Å². The molecule has 2 saturated heterocycles. The zero-order chi connectivity index (χ0) is 21.8. The number of hydrogen-bond donors (Lipinski definition) is 0. The van der Waals surface area contributed by atoms with Gasteiger partial charge in [0.25, 0.3) is 0 Å². The number of aromatic nitrogens is 3. The maximum absolute atomic E-state index is 13.6. The van der Waals surface area contributed by atoms with Crippen LogP contribution in [-0.4, -0.2) is 58.4 Å². The number of sulfone groups is 1. The number of carbonyl (C=O) groups excluding carboxylic acids is 1. The number of rotatable bonds is 3. The Morgan fingerprint density at radius 3 is 2.57 bits per heavy atom. The number of carbonyl (C=O) groups is 1. The molecule has 0 radical (unpaired) electrons. The third-order valence-corrected chi connectivity index (χ3v) is 7.62. The first kappa shape index (κ1) is 21.1. The van der Waals surface area contributed by atoms with E-state index in [2.05, 4.69) is 10.1 Å². The molecule has 2 aliphatic heterocycles. The van der Waals surface area contributed by atoms with Crippen molar-refractivity contribution in [2.75, 3.05) is 24.6 Å². The number of likely N-dealkylation sites (tertiary alicyclic amines) is 1. The number of hydrogen-bond acceptors (Lipinski definition) is 5. The van der Waals surface area contributed by atoms with Gasteiger partial charge in [-0.05, 0) is 24.8 Å². The molecule has 2 aromatic heterocycles. The van der Waals surface area contributed by atoms with E-state index in [-0.39, 0.29) is 34.9 Å². The van der Waals surface area contributed by atoms with Crippen molar-refractivity contribution in [1.29, 1.82) is 0 Å².